The van der Waals surface area contributed by atoms with Gasteiger partial charge in [-0.05, 0) is 18.9 Å². The standard InChI is InChI=1S/C11H14F3N3O3S/c1-16(7-2-3-7)10(18)9-4-8(21(15,19)20)5-17(9)6-11(12,13)14/h4-5,7H,2-3,6H2,1H3,(H2,15,19,20). The van der Waals surface area contributed by atoms with Gasteiger partial charge in [0.15, 0.2) is 0 Å². The number of amides is 1. The molecular weight excluding hydrogens is 311 g/mol. The van der Waals surface area contributed by atoms with E-state index in [2.05, 4.69) is 0 Å². The Kier molecular flexibility index (Phi) is 3.79. The fourth-order valence-corrected chi connectivity index (χ4v) is 2.50. The van der Waals surface area contributed by atoms with Crippen LogP contribution >= 0.6 is 0 Å². The highest BCUT2D eigenvalue weighted by Gasteiger charge is 2.35. The average Bonchev–Trinajstić information content (AvgIpc) is 3.06. The maximum atomic E-state index is 12.5. The van der Waals surface area contributed by atoms with Crippen molar-refractivity contribution in [3.63, 3.8) is 0 Å². The molecule has 0 unspecified atom stereocenters. The third-order valence-corrected chi connectivity index (χ3v) is 4.06. The maximum Gasteiger partial charge on any atom is 0.406 e. The van der Waals surface area contributed by atoms with Crippen LogP contribution in [0.4, 0.5) is 13.2 Å². The van der Waals surface area contributed by atoms with Gasteiger partial charge < -0.3 is 9.47 Å². The predicted molar refractivity (Wildman–Crippen MR) is 67.0 cm³/mol. The highest BCUT2D eigenvalue weighted by molar-refractivity contribution is 7.89. The topological polar surface area (TPSA) is 85.4 Å². The van der Waals surface area contributed by atoms with Gasteiger partial charge in [-0.1, -0.05) is 0 Å². The van der Waals surface area contributed by atoms with Gasteiger partial charge in [-0.3, -0.25) is 4.79 Å². The van der Waals surface area contributed by atoms with Gasteiger partial charge in [-0.2, -0.15) is 13.2 Å². The van der Waals surface area contributed by atoms with Gasteiger partial charge in [-0.25, -0.2) is 13.6 Å². The van der Waals surface area contributed by atoms with Gasteiger partial charge in [0.05, 0.1) is 0 Å². The minimum absolute atomic E-state index is 0.00956. The molecule has 118 valence electrons. The molecule has 1 amide bonds. The van der Waals surface area contributed by atoms with Crippen molar-refractivity contribution in [2.24, 2.45) is 5.14 Å². The zero-order chi connectivity index (χ0) is 16.0. The maximum absolute atomic E-state index is 12.5. The summed E-state index contributed by atoms with van der Waals surface area (Å²) in [5.74, 6) is -0.656. The van der Waals surface area contributed by atoms with Crippen LogP contribution in [0.1, 0.15) is 23.3 Å². The lowest BCUT2D eigenvalue weighted by molar-refractivity contribution is -0.140. The summed E-state index contributed by atoms with van der Waals surface area (Å²) in [6.07, 6.45) is -2.28. The van der Waals surface area contributed by atoms with Crippen LogP contribution in [0.15, 0.2) is 17.2 Å². The van der Waals surface area contributed by atoms with Crippen LogP contribution in [0.2, 0.25) is 0 Å². The summed E-state index contributed by atoms with van der Waals surface area (Å²) in [5.41, 5.74) is -0.342. The average molecular weight is 325 g/mol. The van der Waals surface area contributed by atoms with Crippen LogP contribution in [0.3, 0.4) is 0 Å². The molecule has 0 atom stereocenters. The van der Waals surface area contributed by atoms with E-state index in [1.165, 1.54) is 11.9 Å². The third kappa shape index (κ3) is 3.76. The number of alkyl halides is 3. The van der Waals surface area contributed by atoms with Crippen LogP contribution in [-0.2, 0) is 16.6 Å². The SMILES string of the molecule is CN(C(=O)c1cc(S(N)(=O)=O)cn1CC(F)(F)F)C1CC1. The Labute approximate surface area is 119 Å². The highest BCUT2D eigenvalue weighted by Crippen LogP contribution is 2.28. The van der Waals surface area contributed by atoms with Crippen LogP contribution in [0, 0.1) is 0 Å². The van der Waals surface area contributed by atoms with E-state index in [0.717, 1.165) is 25.1 Å². The Bertz CT molecular complexity index is 662. The molecule has 1 aliphatic carbocycles. The van der Waals surface area contributed by atoms with E-state index >= 15 is 0 Å². The van der Waals surface area contributed by atoms with Crippen LogP contribution in [0.5, 0.6) is 0 Å². The van der Waals surface area contributed by atoms with E-state index in [4.69, 9.17) is 5.14 Å². The number of halogens is 3. The van der Waals surface area contributed by atoms with Crippen molar-refractivity contribution in [2.75, 3.05) is 7.05 Å². The van der Waals surface area contributed by atoms with E-state index < -0.39 is 33.5 Å². The molecule has 1 fully saturated rings. The molecule has 1 aromatic heterocycles. The minimum atomic E-state index is -4.58. The molecule has 0 bridgehead atoms. The quantitative estimate of drug-likeness (QED) is 0.894. The summed E-state index contributed by atoms with van der Waals surface area (Å²) >= 11 is 0. The molecule has 0 aromatic carbocycles. The summed E-state index contributed by atoms with van der Waals surface area (Å²) in [6, 6.07) is 0.868. The molecule has 1 saturated carbocycles. The van der Waals surface area contributed by atoms with Gasteiger partial charge in [0.25, 0.3) is 5.91 Å². The lowest BCUT2D eigenvalue weighted by atomic mass is 10.3. The van der Waals surface area contributed by atoms with Gasteiger partial charge >= 0.3 is 6.18 Å². The molecule has 0 aliphatic heterocycles. The molecule has 6 nitrogen and oxygen atoms in total. The van der Waals surface area contributed by atoms with Crippen molar-refractivity contribution in [1.29, 1.82) is 0 Å². The Balaban J connectivity index is 2.41. The van der Waals surface area contributed by atoms with Crippen molar-refractivity contribution < 1.29 is 26.4 Å². The number of carbonyl (C=O) groups excluding carboxylic acids is 1. The molecule has 2 rings (SSSR count). The summed E-state index contributed by atoms with van der Waals surface area (Å²) in [6.45, 7) is -1.46. The highest BCUT2D eigenvalue weighted by atomic mass is 32.2. The number of nitrogens with zero attached hydrogens (tertiary/aromatic N) is 2. The number of hydrogen-bond donors (Lipinski definition) is 1. The number of sulfonamides is 1. The first kappa shape index (κ1) is 15.8. The van der Waals surface area contributed by atoms with E-state index in [9.17, 15) is 26.4 Å². The van der Waals surface area contributed by atoms with Crippen LogP contribution in [-0.4, -0.2) is 43.1 Å². The number of aromatic nitrogens is 1. The molecule has 1 aliphatic rings. The Morgan fingerprint density at radius 2 is 2.05 bits per heavy atom. The van der Waals surface area contributed by atoms with Crippen LogP contribution < -0.4 is 5.14 Å². The Morgan fingerprint density at radius 3 is 2.48 bits per heavy atom. The molecule has 0 radical (unpaired) electrons. The zero-order valence-electron chi connectivity index (χ0n) is 11.1. The summed E-state index contributed by atoms with van der Waals surface area (Å²) in [4.78, 5) is 13.0. The number of primary sulfonamides is 1. The molecular formula is C11H14F3N3O3S. The van der Waals surface area contributed by atoms with E-state index in [1.54, 1.807) is 0 Å². The normalized spacial score (nSPS) is 16.0. The second kappa shape index (κ2) is 5.02. The zero-order valence-corrected chi connectivity index (χ0v) is 11.9. The number of carbonyl (C=O) groups is 1. The first-order valence-corrected chi connectivity index (χ1v) is 7.60. The fraction of sp³-hybridized carbons (Fsp3) is 0.545. The fourth-order valence-electron chi connectivity index (χ4n) is 1.95. The molecule has 10 heteroatoms. The molecule has 0 spiro atoms. The Morgan fingerprint density at radius 1 is 1.48 bits per heavy atom. The van der Waals surface area contributed by atoms with Gasteiger partial charge in [0.1, 0.15) is 17.1 Å². The summed E-state index contributed by atoms with van der Waals surface area (Å²) in [7, 11) is -2.71. The first-order chi connectivity index (χ1) is 9.49. The van der Waals surface area contributed by atoms with E-state index in [1.807, 2.05) is 0 Å². The first-order valence-electron chi connectivity index (χ1n) is 6.06. The van der Waals surface area contributed by atoms with Crippen LogP contribution in [0.25, 0.3) is 0 Å². The predicted octanol–water partition coefficient (Wildman–Crippen LogP) is 0.932. The number of hydrogen-bond acceptors (Lipinski definition) is 3. The second-order valence-corrected chi connectivity index (χ2v) is 6.56. The van der Waals surface area contributed by atoms with Gasteiger partial charge in [-0.15, -0.1) is 0 Å². The van der Waals surface area contributed by atoms with Crippen molar-refractivity contribution in [3.05, 3.63) is 18.0 Å². The van der Waals surface area contributed by atoms with Crippen molar-refractivity contribution in [2.45, 2.75) is 36.5 Å². The van der Waals surface area contributed by atoms with E-state index in [0.29, 0.717) is 4.57 Å². The summed E-state index contributed by atoms with van der Waals surface area (Å²) < 4.78 is 60.7. The third-order valence-electron chi connectivity index (χ3n) is 3.18. The minimum Gasteiger partial charge on any atom is -0.337 e. The van der Waals surface area contributed by atoms with Crippen molar-refractivity contribution in [1.82, 2.24) is 9.47 Å². The van der Waals surface area contributed by atoms with Gasteiger partial charge in [0.2, 0.25) is 10.0 Å². The summed E-state index contributed by atoms with van der Waals surface area (Å²) in [5, 5.41) is 4.90. The lowest BCUT2D eigenvalue weighted by Crippen LogP contribution is -2.31. The monoisotopic (exact) mass is 325 g/mol. The second-order valence-electron chi connectivity index (χ2n) is 5.00. The number of rotatable bonds is 4. The van der Waals surface area contributed by atoms with E-state index in [-0.39, 0.29) is 11.7 Å². The molecule has 0 saturated heterocycles. The van der Waals surface area contributed by atoms with Crippen molar-refractivity contribution >= 4 is 15.9 Å². The molecule has 21 heavy (non-hydrogen) atoms. The lowest BCUT2D eigenvalue weighted by Gasteiger charge is -2.18. The number of nitrogens with two attached hydrogens (primary N) is 1. The Hall–Kier alpha value is -1.55. The molecule has 1 heterocycles. The molecule has 2 N–H and O–H groups in total. The molecule has 1 aromatic rings. The van der Waals surface area contributed by atoms with Gasteiger partial charge in [0, 0.05) is 19.3 Å². The largest absolute Gasteiger partial charge is 0.406 e. The smallest absolute Gasteiger partial charge is 0.337 e. The van der Waals surface area contributed by atoms with Crippen molar-refractivity contribution in [3.8, 4) is 0 Å².